The summed E-state index contributed by atoms with van der Waals surface area (Å²) in [6.45, 7) is 1.95. The van der Waals surface area contributed by atoms with Crippen molar-refractivity contribution in [2.45, 2.75) is 20.1 Å². The van der Waals surface area contributed by atoms with E-state index in [9.17, 15) is 14.9 Å². The van der Waals surface area contributed by atoms with Crippen molar-refractivity contribution in [1.29, 1.82) is 0 Å². The highest BCUT2D eigenvalue weighted by Gasteiger charge is 2.20. The number of carbonyl (C=O) groups is 1. The molecule has 132 valence electrons. The molecule has 0 unspecified atom stereocenters. The lowest BCUT2D eigenvalue weighted by molar-refractivity contribution is -0.385. The molecule has 0 aliphatic heterocycles. The fraction of sp³-hybridized carbons (Fsp3) is 0.167. The quantitative estimate of drug-likeness (QED) is 0.384. The molecule has 0 saturated heterocycles. The van der Waals surface area contributed by atoms with Crippen LogP contribution in [-0.2, 0) is 17.9 Å². The normalized spacial score (nSPS) is 10.5. The number of aromatic nitrogens is 3. The molecule has 0 N–H and O–H groups in total. The van der Waals surface area contributed by atoms with Crippen molar-refractivity contribution in [2.24, 2.45) is 0 Å². The summed E-state index contributed by atoms with van der Waals surface area (Å²) < 4.78 is 6.70. The van der Waals surface area contributed by atoms with Gasteiger partial charge in [0.05, 0.1) is 22.7 Å². The highest BCUT2D eigenvalue weighted by atomic mass is 16.6. The van der Waals surface area contributed by atoms with Gasteiger partial charge in [0.1, 0.15) is 6.61 Å². The highest BCUT2D eigenvalue weighted by molar-refractivity contribution is 5.88. The largest absolute Gasteiger partial charge is 0.456 e. The number of nitrogens with zero attached hydrogens (tertiary/aromatic N) is 4. The first-order valence-electron chi connectivity index (χ1n) is 7.89. The van der Waals surface area contributed by atoms with Crippen molar-refractivity contribution in [1.82, 2.24) is 15.0 Å². The summed E-state index contributed by atoms with van der Waals surface area (Å²) in [5.74, 6) is -0.583. The van der Waals surface area contributed by atoms with Crippen LogP contribution in [0.15, 0.2) is 54.6 Å². The predicted molar refractivity (Wildman–Crippen MR) is 92.5 cm³/mol. The molecule has 0 saturated carbocycles. The lowest BCUT2D eigenvalue weighted by Crippen LogP contribution is -2.10. The molecule has 3 rings (SSSR count). The number of nitro groups is 1. The second kappa shape index (κ2) is 7.56. The predicted octanol–water partition coefficient (Wildman–Crippen LogP) is 2.90. The van der Waals surface area contributed by atoms with Gasteiger partial charge in [-0.3, -0.25) is 10.1 Å². The summed E-state index contributed by atoms with van der Waals surface area (Å²) in [7, 11) is 0. The molecule has 3 aromatic rings. The van der Waals surface area contributed by atoms with E-state index in [2.05, 4.69) is 10.3 Å². The van der Waals surface area contributed by atoms with E-state index in [1.165, 1.54) is 10.7 Å². The molecule has 0 aliphatic rings. The summed E-state index contributed by atoms with van der Waals surface area (Å²) in [5.41, 5.74) is 1.93. The van der Waals surface area contributed by atoms with Gasteiger partial charge in [0.2, 0.25) is 0 Å². The molecule has 0 aliphatic carbocycles. The molecular formula is C18H16N4O4. The first-order chi connectivity index (χ1) is 12.6. The van der Waals surface area contributed by atoms with Crippen molar-refractivity contribution in [3.63, 3.8) is 0 Å². The van der Waals surface area contributed by atoms with Crippen LogP contribution in [0.5, 0.6) is 0 Å². The highest BCUT2D eigenvalue weighted by Crippen LogP contribution is 2.19. The molecule has 26 heavy (non-hydrogen) atoms. The van der Waals surface area contributed by atoms with Crippen molar-refractivity contribution in [3.8, 4) is 0 Å². The smallest absolute Gasteiger partial charge is 0.361 e. The van der Waals surface area contributed by atoms with Crippen LogP contribution < -0.4 is 0 Å². The number of ether oxygens (including phenoxy) is 1. The summed E-state index contributed by atoms with van der Waals surface area (Å²) in [5, 5.41) is 18.9. The van der Waals surface area contributed by atoms with Crippen LogP contribution in [0.2, 0.25) is 0 Å². The minimum Gasteiger partial charge on any atom is -0.456 e. The Kier molecular flexibility index (Phi) is 5.02. The number of benzene rings is 2. The topological polar surface area (TPSA) is 100 Å². The third-order valence-electron chi connectivity index (χ3n) is 3.90. The maximum absolute atomic E-state index is 12.2. The maximum Gasteiger partial charge on any atom is 0.361 e. The zero-order valence-corrected chi connectivity index (χ0v) is 14.0. The second-order valence-corrected chi connectivity index (χ2v) is 5.63. The lowest BCUT2D eigenvalue weighted by Gasteiger charge is -2.06. The molecule has 0 fully saturated rings. The van der Waals surface area contributed by atoms with Crippen LogP contribution in [0.3, 0.4) is 0 Å². The van der Waals surface area contributed by atoms with Crippen molar-refractivity contribution < 1.29 is 14.5 Å². The molecule has 0 spiro atoms. The Labute approximate surface area is 149 Å². The number of nitro benzene ring substituents is 1. The molecule has 8 heteroatoms. The van der Waals surface area contributed by atoms with Gasteiger partial charge in [0, 0.05) is 6.07 Å². The van der Waals surface area contributed by atoms with Gasteiger partial charge in [-0.2, -0.15) is 0 Å². The van der Waals surface area contributed by atoms with Crippen LogP contribution in [0, 0.1) is 17.0 Å². The van der Waals surface area contributed by atoms with Crippen LogP contribution in [0.1, 0.15) is 27.3 Å². The molecule has 0 amide bonds. The zero-order chi connectivity index (χ0) is 18.5. The SMILES string of the molecule is Cc1c(C(=O)OCc2ccccc2)nnn1Cc1ccccc1[N+](=O)[O-]. The van der Waals surface area contributed by atoms with Gasteiger partial charge in [-0.15, -0.1) is 5.10 Å². The average molecular weight is 352 g/mol. The van der Waals surface area contributed by atoms with E-state index in [1.807, 2.05) is 30.3 Å². The molecule has 8 nitrogen and oxygen atoms in total. The number of rotatable bonds is 6. The molecule has 2 aromatic carbocycles. The summed E-state index contributed by atoms with van der Waals surface area (Å²) >= 11 is 0. The van der Waals surface area contributed by atoms with Gasteiger partial charge in [-0.05, 0) is 12.5 Å². The Hall–Kier alpha value is -3.55. The first-order valence-corrected chi connectivity index (χ1v) is 7.89. The van der Waals surface area contributed by atoms with Crippen molar-refractivity contribution in [2.75, 3.05) is 0 Å². The minimum absolute atomic E-state index is 0.00407. The molecule has 0 bridgehead atoms. The van der Waals surface area contributed by atoms with E-state index in [1.54, 1.807) is 25.1 Å². The Morgan fingerprint density at radius 2 is 1.85 bits per heavy atom. The number of hydrogen-bond donors (Lipinski definition) is 0. The van der Waals surface area contributed by atoms with Crippen molar-refractivity contribution in [3.05, 3.63) is 87.2 Å². The monoisotopic (exact) mass is 352 g/mol. The Morgan fingerprint density at radius 1 is 1.15 bits per heavy atom. The van der Waals surface area contributed by atoms with E-state index < -0.39 is 10.9 Å². The Morgan fingerprint density at radius 3 is 2.58 bits per heavy atom. The van der Waals surface area contributed by atoms with E-state index in [0.717, 1.165) is 5.56 Å². The van der Waals surface area contributed by atoms with Crippen LogP contribution >= 0.6 is 0 Å². The number of hydrogen-bond acceptors (Lipinski definition) is 6. The van der Waals surface area contributed by atoms with E-state index in [0.29, 0.717) is 11.3 Å². The lowest BCUT2D eigenvalue weighted by atomic mass is 10.2. The molecule has 0 atom stereocenters. The second-order valence-electron chi connectivity index (χ2n) is 5.63. The number of esters is 1. The standard InChI is InChI=1S/C18H16N4O4/c1-13-17(18(23)26-12-14-7-3-2-4-8-14)19-20-21(13)11-15-9-5-6-10-16(15)22(24)25/h2-10H,11-12H2,1H3. The van der Waals surface area contributed by atoms with E-state index in [-0.39, 0.29) is 24.5 Å². The van der Waals surface area contributed by atoms with Gasteiger partial charge < -0.3 is 4.74 Å². The van der Waals surface area contributed by atoms with Crippen LogP contribution in [0.4, 0.5) is 5.69 Å². The van der Waals surface area contributed by atoms with Gasteiger partial charge in [0.25, 0.3) is 5.69 Å². The van der Waals surface area contributed by atoms with Crippen LogP contribution in [-0.4, -0.2) is 25.9 Å². The Balaban J connectivity index is 1.74. The molecule has 0 radical (unpaired) electrons. The van der Waals surface area contributed by atoms with Crippen molar-refractivity contribution >= 4 is 11.7 Å². The maximum atomic E-state index is 12.2. The van der Waals surface area contributed by atoms with E-state index >= 15 is 0 Å². The minimum atomic E-state index is -0.583. The number of carbonyl (C=O) groups excluding carboxylic acids is 1. The molecule has 1 aromatic heterocycles. The molecule has 1 heterocycles. The van der Waals surface area contributed by atoms with Gasteiger partial charge in [-0.25, -0.2) is 9.48 Å². The molecular weight excluding hydrogens is 336 g/mol. The number of para-hydroxylation sites is 1. The third kappa shape index (κ3) is 3.75. The third-order valence-corrected chi connectivity index (χ3v) is 3.90. The van der Waals surface area contributed by atoms with Gasteiger partial charge >= 0.3 is 5.97 Å². The summed E-state index contributed by atoms with van der Waals surface area (Å²) in [6, 6.07) is 15.7. The Bertz CT molecular complexity index is 937. The fourth-order valence-electron chi connectivity index (χ4n) is 2.47. The zero-order valence-electron chi connectivity index (χ0n) is 14.0. The summed E-state index contributed by atoms with van der Waals surface area (Å²) in [6.07, 6.45) is 0. The fourth-order valence-corrected chi connectivity index (χ4v) is 2.47. The van der Waals surface area contributed by atoms with E-state index in [4.69, 9.17) is 4.74 Å². The average Bonchev–Trinajstić information content (AvgIpc) is 3.01. The summed E-state index contributed by atoms with van der Waals surface area (Å²) in [4.78, 5) is 22.9. The van der Waals surface area contributed by atoms with Gasteiger partial charge in [0.15, 0.2) is 5.69 Å². The van der Waals surface area contributed by atoms with Crippen LogP contribution in [0.25, 0.3) is 0 Å². The first kappa shape index (κ1) is 17.3. The van der Waals surface area contributed by atoms with Gasteiger partial charge in [-0.1, -0.05) is 53.7 Å².